The molecule has 0 aromatic heterocycles. The first-order valence-electron chi connectivity index (χ1n) is 3.24. The average molecular weight is 145 g/mol. The van der Waals surface area contributed by atoms with E-state index in [0.29, 0.717) is 0 Å². The highest BCUT2D eigenvalue weighted by atomic mass is 28.1. The third-order valence-corrected chi connectivity index (χ3v) is 1.62. The van der Waals surface area contributed by atoms with Crippen LogP contribution in [0.15, 0.2) is 36.9 Å². The second-order valence-electron chi connectivity index (χ2n) is 2.19. The highest BCUT2D eigenvalue weighted by Crippen LogP contribution is 1.96. The van der Waals surface area contributed by atoms with E-state index in [1.54, 1.807) is 0 Å². The Balaban J connectivity index is 2.84. The molecule has 0 atom stereocenters. The fourth-order valence-corrected chi connectivity index (χ4v) is 1.15. The summed E-state index contributed by atoms with van der Waals surface area (Å²) >= 11 is 0. The molecule has 0 saturated carbocycles. The number of hydrogen-bond donors (Lipinski definition) is 0. The van der Waals surface area contributed by atoms with Crippen molar-refractivity contribution in [3.05, 3.63) is 42.5 Å². The number of rotatable bonds is 2. The van der Waals surface area contributed by atoms with Crippen molar-refractivity contribution in [1.82, 2.24) is 0 Å². The molecule has 1 heteroatoms. The summed E-state index contributed by atoms with van der Waals surface area (Å²) < 4.78 is 0. The first kappa shape index (κ1) is 7.29. The molecule has 0 aliphatic rings. The fraction of sp³-hybridized carbons (Fsp3) is 0.111. The molecule has 10 heavy (non-hydrogen) atoms. The van der Waals surface area contributed by atoms with Gasteiger partial charge in [0.2, 0.25) is 0 Å². The molecule has 1 aromatic carbocycles. The van der Waals surface area contributed by atoms with Crippen molar-refractivity contribution in [3.8, 4) is 0 Å². The van der Waals surface area contributed by atoms with Gasteiger partial charge in [0.1, 0.15) is 0 Å². The van der Waals surface area contributed by atoms with Crippen LogP contribution in [0.25, 0.3) is 0 Å². The highest BCUT2D eigenvalue weighted by molar-refractivity contribution is 6.32. The lowest BCUT2D eigenvalue weighted by Gasteiger charge is -1.96. The molecular formula is C9H9Si. The summed E-state index contributed by atoms with van der Waals surface area (Å²) in [6.45, 7) is 3.67. The lowest BCUT2D eigenvalue weighted by Crippen LogP contribution is -2.01. The zero-order chi connectivity index (χ0) is 7.40. The topological polar surface area (TPSA) is 0 Å². The molecule has 0 nitrogen and oxygen atoms in total. The Bertz CT molecular complexity index is 228. The Morgan fingerprint density at radius 2 is 2.30 bits per heavy atom. The zero-order valence-electron chi connectivity index (χ0n) is 5.80. The van der Waals surface area contributed by atoms with Crippen LogP contribution in [0.4, 0.5) is 0 Å². The molecule has 3 radical (unpaired) electrons. The minimum Gasteiger partial charge on any atom is -0.103 e. The van der Waals surface area contributed by atoms with Crippen molar-refractivity contribution in [2.24, 2.45) is 0 Å². The molecule has 0 amide bonds. The van der Waals surface area contributed by atoms with Gasteiger partial charge in [-0.25, -0.2) is 0 Å². The van der Waals surface area contributed by atoms with E-state index in [1.807, 2.05) is 18.2 Å². The van der Waals surface area contributed by atoms with Gasteiger partial charge in [-0.2, -0.15) is 0 Å². The van der Waals surface area contributed by atoms with Gasteiger partial charge in [0.25, 0.3) is 0 Å². The van der Waals surface area contributed by atoms with E-state index in [9.17, 15) is 0 Å². The average Bonchev–Trinajstić information content (AvgIpc) is 1.88. The van der Waals surface area contributed by atoms with Gasteiger partial charge in [0.05, 0.1) is 10.2 Å². The van der Waals surface area contributed by atoms with E-state index in [4.69, 9.17) is 0 Å². The van der Waals surface area contributed by atoms with Crippen molar-refractivity contribution >= 4 is 15.4 Å². The van der Waals surface area contributed by atoms with Gasteiger partial charge in [-0.15, -0.1) is 6.58 Å². The summed E-state index contributed by atoms with van der Waals surface area (Å²) in [4.78, 5) is 0. The fourth-order valence-electron chi connectivity index (χ4n) is 0.865. The van der Waals surface area contributed by atoms with E-state index in [1.165, 1.54) is 5.56 Å². The summed E-state index contributed by atoms with van der Waals surface area (Å²) in [6.07, 6.45) is 2.85. The molecule has 0 aliphatic carbocycles. The van der Waals surface area contributed by atoms with E-state index in [0.717, 1.165) is 11.6 Å². The van der Waals surface area contributed by atoms with Crippen LogP contribution in [0.2, 0.25) is 0 Å². The number of benzene rings is 1. The Hall–Kier alpha value is -0.823. The Morgan fingerprint density at radius 1 is 1.50 bits per heavy atom. The predicted octanol–water partition coefficient (Wildman–Crippen LogP) is 1.21. The monoisotopic (exact) mass is 145 g/mol. The van der Waals surface area contributed by atoms with Gasteiger partial charge >= 0.3 is 0 Å². The minimum atomic E-state index is 0.943. The molecule has 0 aliphatic heterocycles. The van der Waals surface area contributed by atoms with Gasteiger partial charge in [-0.05, 0) is 12.0 Å². The first-order valence-corrected chi connectivity index (χ1v) is 3.74. The van der Waals surface area contributed by atoms with Crippen LogP contribution in [0, 0.1) is 0 Å². The smallest absolute Gasteiger partial charge is 0.0711 e. The van der Waals surface area contributed by atoms with E-state index >= 15 is 0 Å². The molecule has 1 aromatic rings. The lowest BCUT2D eigenvalue weighted by atomic mass is 10.1. The SMILES string of the molecule is C=CCc1cccc([Si])c1. The second-order valence-corrected chi connectivity index (χ2v) is 2.77. The Labute approximate surface area is 65.0 Å². The van der Waals surface area contributed by atoms with E-state index < -0.39 is 0 Å². The summed E-state index contributed by atoms with van der Waals surface area (Å²) in [5.41, 5.74) is 1.29. The lowest BCUT2D eigenvalue weighted by molar-refractivity contribution is 1.29. The highest BCUT2D eigenvalue weighted by Gasteiger charge is 1.87. The third kappa shape index (κ3) is 1.85. The molecule has 0 unspecified atom stereocenters. The summed E-state index contributed by atoms with van der Waals surface area (Å²) in [5.74, 6) is 0. The van der Waals surface area contributed by atoms with Crippen LogP contribution in [0.1, 0.15) is 5.56 Å². The Morgan fingerprint density at radius 3 is 2.90 bits per heavy atom. The maximum Gasteiger partial charge on any atom is 0.0711 e. The first-order chi connectivity index (χ1) is 4.83. The van der Waals surface area contributed by atoms with E-state index in [2.05, 4.69) is 29.0 Å². The van der Waals surface area contributed by atoms with Crippen molar-refractivity contribution in [2.75, 3.05) is 0 Å². The quantitative estimate of drug-likeness (QED) is 0.433. The van der Waals surface area contributed by atoms with Crippen LogP contribution in [0.5, 0.6) is 0 Å². The molecule has 0 fully saturated rings. The molecule has 0 spiro atoms. The summed E-state index contributed by atoms with van der Waals surface area (Å²) in [7, 11) is 3.45. The van der Waals surface area contributed by atoms with Crippen LogP contribution in [0.3, 0.4) is 0 Å². The number of hydrogen-bond acceptors (Lipinski definition) is 0. The number of allylic oxidation sites excluding steroid dienone is 1. The predicted molar refractivity (Wildman–Crippen MR) is 45.7 cm³/mol. The Kier molecular flexibility index (Phi) is 2.46. The van der Waals surface area contributed by atoms with Crippen LogP contribution in [-0.2, 0) is 6.42 Å². The normalized spacial score (nSPS) is 9.30. The molecule has 0 heterocycles. The van der Waals surface area contributed by atoms with Gasteiger partial charge in [0, 0.05) is 0 Å². The molecule has 49 valence electrons. The van der Waals surface area contributed by atoms with Gasteiger partial charge < -0.3 is 0 Å². The van der Waals surface area contributed by atoms with Gasteiger partial charge in [0.15, 0.2) is 0 Å². The van der Waals surface area contributed by atoms with Crippen LogP contribution < -0.4 is 5.19 Å². The van der Waals surface area contributed by atoms with Crippen molar-refractivity contribution in [2.45, 2.75) is 6.42 Å². The molecule has 0 N–H and O–H groups in total. The van der Waals surface area contributed by atoms with Gasteiger partial charge in [-0.3, -0.25) is 0 Å². The largest absolute Gasteiger partial charge is 0.103 e. The molecule has 1 rings (SSSR count). The summed E-state index contributed by atoms with van der Waals surface area (Å²) in [5, 5.41) is 1.12. The maximum absolute atomic E-state index is 3.67. The van der Waals surface area contributed by atoms with Crippen LogP contribution >= 0.6 is 0 Å². The van der Waals surface area contributed by atoms with Gasteiger partial charge in [-0.1, -0.05) is 35.5 Å². The van der Waals surface area contributed by atoms with Crippen molar-refractivity contribution < 1.29 is 0 Å². The van der Waals surface area contributed by atoms with Crippen molar-refractivity contribution in [1.29, 1.82) is 0 Å². The second kappa shape index (κ2) is 3.37. The van der Waals surface area contributed by atoms with E-state index in [-0.39, 0.29) is 0 Å². The molecule has 0 bridgehead atoms. The third-order valence-electron chi connectivity index (χ3n) is 1.31. The maximum atomic E-state index is 3.67. The molecule has 0 saturated heterocycles. The zero-order valence-corrected chi connectivity index (χ0v) is 6.80. The van der Waals surface area contributed by atoms with Crippen LogP contribution in [-0.4, -0.2) is 10.2 Å². The summed E-state index contributed by atoms with van der Waals surface area (Å²) in [6, 6.07) is 8.23. The molecular weight excluding hydrogens is 136 g/mol. The standard InChI is InChI=1S/C9H9Si/c1-2-4-8-5-3-6-9(10)7-8/h2-3,5-7H,1,4H2. The van der Waals surface area contributed by atoms with Crippen molar-refractivity contribution in [3.63, 3.8) is 0 Å². The minimum absolute atomic E-state index is 0.943.